The lowest BCUT2D eigenvalue weighted by molar-refractivity contribution is -0.00177. The average molecular weight is 501 g/mol. The van der Waals surface area contributed by atoms with Gasteiger partial charge >= 0.3 is 0 Å². The zero-order valence-corrected chi connectivity index (χ0v) is 20.2. The number of nitrogens with two attached hydrogens (primary N) is 1. The average Bonchev–Trinajstić information content (AvgIpc) is 3.30. The first-order valence-electron chi connectivity index (χ1n) is 11.4. The van der Waals surface area contributed by atoms with E-state index in [4.69, 9.17) is 11.0 Å². The molecule has 188 valence electrons. The fraction of sp³-hybridized carbons (Fsp3) is 0.185. The zero-order valence-electron chi connectivity index (χ0n) is 20.2. The molecule has 0 fully saturated rings. The summed E-state index contributed by atoms with van der Waals surface area (Å²) in [5, 5.41) is 24.7. The Kier molecular flexibility index (Phi) is 6.91. The Morgan fingerprint density at radius 2 is 1.92 bits per heavy atom. The summed E-state index contributed by atoms with van der Waals surface area (Å²) in [7, 11) is 0. The number of hydrogen-bond acceptors (Lipinski definition) is 6. The number of aliphatic hydroxyl groups is 1. The number of carbonyl (C=O) groups is 2. The van der Waals surface area contributed by atoms with E-state index < -0.39 is 23.6 Å². The number of nitriles is 1. The summed E-state index contributed by atoms with van der Waals surface area (Å²) in [5.74, 6) is -1.15. The van der Waals surface area contributed by atoms with Gasteiger partial charge in [0.1, 0.15) is 6.17 Å². The minimum atomic E-state index is -1.67. The first kappa shape index (κ1) is 25.3. The first-order valence-corrected chi connectivity index (χ1v) is 11.4. The van der Waals surface area contributed by atoms with E-state index in [1.165, 1.54) is 20.0 Å². The van der Waals surface area contributed by atoms with Gasteiger partial charge in [-0.05, 0) is 68.4 Å². The van der Waals surface area contributed by atoms with Crippen molar-refractivity contribution in [1.29, 1.82) is 5.26 Å². The lowest BCUT2D eigenvalue weighted by Crippen LogP contribution is -2.42. The number of fused-ring (bicyclic) bond motifs is 1. The van der Waals surface area contributed by atoms with Crippen LogP contribution in [0.4, 0.5) is 15.8 Å². The highest BCUT2D eigenvalue weighted by molar-refractivity contribution is 6.01. The molecular weight excluding hydrogens is 475 g/mol. The van der Waals surface area contributed by atoms with Crippen LogP contribution >= 0.6 is 0 Å². The summed E-state index contributed by atoms with van der Waals surface area (Å²) >= 11 is 0. The number of alkyl halides is 1. The number of primary amides is 1. The second kappa shape index (κ2) is 10.1. The molecule has 0 saturated heterocycles. The van der Waals surface area contributed by atoms with E-state index in [0.29, 0.717) is 28.2 Å². The third kappa shape index (κ3) is 5.58. The maximum absolute atomic E-state index is 14.2. The molecule has 37 heavy (non-hydrogen) atoms. The molecule has 0 unspecified atom stereocenters. The summed E-state index contributed by atoms with van der Waals surface area (Å²) in [6.45, 7) is 2.26. The fourth-order valence-electron chi connectivity index (χ4n) is 3.67. The van der Waals surface area contributed by atoms with Crippen molar-refractivity contribution in [3.8, 4) is 17.5 Å². The first-order chi connectivity index (χ1) is 17.6. The highest BCUT2D eigenvalue weighted by atomic mass is 19.1. The number of rotatable bonds is 8. The molecule has 0 spiro atoms. The number of amides is 2. The van der Waals surface area contributed by atoms with Gasteiger partial charge in [-0.3, -0.25) is 14.6 Å². The molecule has 1 aromatic carbocycles. The second-order valence-electron chi connectivity index (χ2n) is 9.05. The van der Waals surface area contributed by atoms with Crippen LogP contribution in [0.15, 0.2) is 67.0 Å². The van der Waals surface area contributed by atoms with Gasteiger partial charge in [0.25, 0.3) is 5.91 Å². The molecule has 0 bridgehead atoms. The molecule has 9 nitrogen and oxygen atoms in total. The van der Waals surface area contributed by atoms with E-state index in [0.717, 1.165) is 11.2 Å². The Bertz CT molecular complexity index is 1520. The molecule has 0 radical (unpaired) electrons. The molecule has 2 amide bonds. The van der Waals surface area contributed by atoms with Gasteiger partial charge in [0, 0.05) is 29.2 Å². The van der Waals surface area contributed by atoms with Crippen molar-refractivity contribution in [1.82, 2.24) is 14.7 Å². The fourth-order valence-corrected chi connectivity index (χ4v) is 3.67. The standard InChI is InChI=1S/C27H25FN6O3/c1-27(2,37)24(28)15-32-26(36)20-14-31-22(23-8-7-19-11-16(13-29)9-10-34(19)23)12-21(20)33-18-5-3-17(4-6-18)25(30)35/h3-12,14,24,37H,15H2,1-2H3,(H2,30,35)(H,31,33)(H,32,36)/t24-/m1/s1. The number of anilines is 2. The molecule has 3 aromatic heterocycles. The van der Waals surface area contributed by atoms with Crippen LogP contribution in [-0.4, -0.2) is 44.6 Å². The predicted octanol–water partition coefficient (Wildman–Crippen LogP) is 3.55. The highest BCUT2D eigenvalue weighted by Crippen LogP contribution is 2.28. The Hall–Kier alpha value is -4.75. The summed E-state index contributed by atoms with van der Waals surface area (Å²) < 4.78 is 16.1. The van der Waals surface area contributed by atoms with Gasteiger partial charge in [0.05, 0.1) is 46.4 Å². The van der Waals surface area contributed by atoms with E-state index in [1.54, 1.807) is 48.7 Å². The predicted molar refractivity (Wildman–Crippen MR) is 137 cm³/mol. The molecule has 3 heterocycles. The molecule has 0 aliphatic rings. The van der Waals surface area contributed by atoms with Crippen molar-refractivity contribution in [3.63, 3.8) is 0 Å². The summed E-state index contributed by atoms with van der Waals surface area (Å²) in [5.41, 5.74) is 7.74. The Morgan fingerprint density at radius 3 is 2.57 bits per heavy atom. The zero-order chi connectivity index (χ0) is 26.7. The smallest absolute Gasteiger partial charge is 0.255 e. The molecule has 0 aliphatic carbocycles. The molecule has 10 heteroatoms. The minimum Gasteiger partial charge on any atom is -0.387 e. The van der Waals surface area contributed by atoms with Gasteiger partial charge in [-0.25, -0.2) is 4.39 Å². The second-order valence-corrected chi connectivity index (χ2v) is 9.05. The van der Waals surface area contributed by atoms with Crippen molar-refractivity contribution < 1.29 is 19.1 Å². The van der Waals surface area contributed by atoms with E-state index in [-0.39, 0.29) is 12.1 Å². The Morgan fingerprint density at radius 1 is 1.19 bits per heavy atom. The number of aromatic nitrogens is 2. The normalized spacial score (nSPS) is 12.1. The van der Waals surface area contributed by atoms with Gasteiger partial charge in [0.2, 0.25) is 5.91 Å². The summed E-state index contributed by atoms with van der Waals surface area (Å²) in [4.78, 5) is 28.8. The lowest BCUT2D eigenvalue weighted by Gasteiger charge is -2.22. The number of carbonyl (C=O) groups excluding carboxylic acids is 2. The van der Waals surface area contributed by atoms with Gasteiger partial charge in [-0.2, -0.15) is 5.26 Å². The summed E-state index contributed by atoms with van der Waals surface area (Å²) in [6, 6.07) is 17.3. The molecule has 1 atom stereocenters. The van der Waals surface area contributed by atoms with Crippen LogP contribution in [0.1, 0.15) is 40.1 Å². The lowest BCUT2D eigenvalue weighted by atomic mass is 10.0. The van der Waals surface area contributed by atoms with Crippen LogP contribution in [0.25, 0.3) is 16.9 Å². The summed E-state index contributed by atoms with van der Waals surface area (Å²) in [6.07, 6.45) is 1.47. The molecule has 0 aliphatic heterocycles. The number of benzene rings is 1. The van der Waals surface area contributed by atoms with E-state index in [9.17, 15) is 19.1 Å². The van der Waals surface area contributed by atoms with E-state index in [2.05, 4.69) is 21.7 Å². The topological polar surface area (TPSA) is 146 Å². The third-order valence-corrected chi connectivity index (χ3v) is 5.85. The Balaban J connectivity index is 1.71. The van der Waals surface area contributed by atoms with Crippen LogP contribution in [0.2, 0.25) is 0 Å². The maximum atomic E-state index is 14.2. The van der Waals surface area contributed by atoms with Gasteiger partial charge < -0.3 is 25.9 Å². The molecule has 4 aromatic rings. The third-order valence-electron chi connectivity index (χ3n) is 5.85. The molecule has 4 rings (SSSR count). The van der Waals surface area contributed by atoms with Crippen molar-refractivity contribution in [3.05, 3.63) is 83.7 Å². The van der Waals surface area contributed by atoms with Crippen LogP contribution in [0.3, 0.4) is 0 Å². The van der Waals surface area contributed by atoms with Gasteiger partial charge in [-0.1, -0.05) is 0 Å². The molecule has 5 N–H and O–H groups in total. The molecular formula is C27H25FN6O3. The quantitative estimate of drug-likeness (QED) is 0.291. The van der Waals surface area contributed by atoms with Crippen LogP contribution in [0.5, 0.6) is 0 Å². The minimum absolute atomic E-state index is 0.151. The van der Waals surface area contributed by atoms with Crippen molar-refractivity contribution in [2.45, 2.75) is 25.6 Å². The van der Waals surface area contributed by atoms with Gasteiger partial charge in [-0.15, -0.1) is 0 Å². The Labute approximate surface area is 212 Å². The van der Waals surface area contributed by atoms with Crippen molar-refractivity contribution in [2.24, 2.45) is 5.73 Å². The number of halogens is 1. The van der Waals surface area contributed by atoms with Gasteiger partial charge in [0.15, 0.2) is 0 Å². The largest absolute Gasteiger partial charge is 0.387 e. The van der Waals surface area contributed by atoms with Crippen LogP contribution in [0, 0.1) is 11.3 Å². The maximum Gasteiger partial charge on any atom is 0.255 e. The SMILES string of the molecule is CC(C)(O)[C@H](F)CNC(=O)c1cnc(-c2ccc3cc(C#N)ccn23)cc1Nc1ccc(C(N)=O)cc1. The van der Waals surface area contributed by atoms with Crippen molar-refractivity contribution >= 4 is 28.7 Å². The number of nitrogens with one attached hydrogen (secondary N) is 2. The highest BCUT2D eigenvalue weighted by Gasteiger charge is 2.27. The van der Waals surface area contributed by atoms with Crippen molar-refractivity contribution in [2.75, 3.05) is 11.9 Å². The molecule has 0 saturated carbocycles. The number of nitrogens with zero attached hydrogens (tertiary/aromatic N) is 3. The monoisotopic (exact) mass is 500 g/mol. The van der Waals surface area contributed by atoms with Crippen LogP contribution < -0.4 is 16.4 Å². The number of hydrogen-bond donors (Lipinski definition) is 4. The number of pyridine rings is 2. The van der Waals surface area contributed by atoms with E-state index >= 15 is 0 Å². The van der Waals surface area contributed by atoms with E-state index in [1.807, 2.05) is 16.5 Å². The van der Waals surface area contributed by atoms with Crippen LogP contribution in [-0.2, 0) is 0 Å².